The molecule has 0 rings (SSSR count). The van der Waals surface area contributed by atoms with Crippen molar-refractivity contribution < 1.29 is 80.2 Å². The van der Waals surface area contributed by atoms with E-state index in [1.54, 1.807) is 0 Å². The number of aliphatic hydroxyl groups excluding tert-OH is 1. The fourth-order valence-corrected chi connectivity index (χ4v) is 13.5. The molecule has 0 heterocycles. The number of hydrogen-bond donors (Lipinski definition) is 3. The van der Waals surface area contributed by atoms with Gasteiger partial charge >= 0.3 is 39.5 Å². The van der Waals surface area contributed by atoms with Gasteiger partial charge in [0.1, 0.15) is 19.3 Å². The Morgan fingerprint density at radius 2 is 0.526 bits per heavy atom. The van der Waals surface area contributed by atoms with Gasteiger partial charge in [-0.25, -0.2) is 9.13 Å². The second-order valence-electron chi connectivity index (χ2n) is 29.3. The number of rotatable bonds is 76. The van der Waals surface area contributed by atoms with Crippen LogP contribution in [0.3, 0.4) is 0 Å². The largest absolute Gasteiger partial charge is 0.472 e. The van der Waals surface area contributed by atoms with Crippen molar-refractivity contribution >= 4 is 39.5 Å². The Kier molecular flexibility index (Phi) is 67.1. The smallest absolute Gasteiger partial charge is 0.462 e. The van der Waals surface area contributed by atoms with E-state index in [4.69, 9.17) is 37.0 Å². The number of phosphoric acid groups is 2. The fourth-order valence-electron chi connectivity index (χ4n) is 11.9. The minimum atomic E-state index is -4.96. The lowest BCUT2D eigenvalue weighted by atomic mass is 9.99. The summed E-state index contributed by atoms with van der Waals surface area (Å²) < 4.78 is 68.6. The van der Waals surface area contributed by atoms with Crippen molar-refractivity contribution in [3.05, 3.63) is 0 Å². The summed E-state index contributed by atoms with van der Waals surface area (Å²) in [6.45, 7) is 11.9. The Morgan fingerprint density at radius 1 is 0.299 bits per heavy atom. The molecule has 3 unspecified atom stereocenters. The number of ether oxygens (including phenoxy) is 4. The number of carbonyl (C=O) groups excluding carboxylic acids is 4. The van der Waals surface area contributed by atoms with Crippen LogP contribution in [0.5, 0.6) is 0 Å². The van der Waals surface area contributed by atoms with Crippen LogP contribution in [0.25, 0.3) is 0 Å². The number of phosphoric ester groups is 2. The molecular weight excluding hydrogens is 1270 g/mol. The maximum absolute atomic E-state index is 13.1. The van der Waals surface area contributed by atoms with Crippen molar-refractivity contribution in [2.24, 2.45) is 17.8 Å². The number of esters is 4. The second kappa shape index (κ2) is 68.5. The standard InChI is InChI=1S/C78H152O17P2/c1-8-10-11-12-13-14-15-22-26-29-38-45-52-59-75(80)88-65-73(94-77(82)61-54-47-40-30-27-24-21-19-17-16-18-20-23-25-28-35-42-49-56-69(3)4)67-92-96(84,85)90-63-72(79)64-91-97(86,87)93-68-74(66-89-76(81)60-53-46-39-33-31-36-43-50-57-70(5)6)95-78(83)62-55-48-41-34-32-37-44-51-58-71(7)9-2/h69-74,79H,8-68H2,1-7H3,(H,84,85)(H,86,87)/t71?,72-,73-,74-/m1/s1. The van der Waals surface area contributed by atoms with Gasteiger partial charge in [0.15, 0.2) is 12.2 Å². The molecule has 0 aliphatic rings. The van der Waals surface area contributed by atoms with Gasteiger partial charge in [0.2, 0.25) is 0 Å². The lowest BCUT2D eigenvalue weighted by Gasteiger charge is -2.21. The second-order valence-corrected chi connectivity index (χ2v) is 32.2. The van der Waals surface area contributed by atoms with Crippen LogP contribution in [-0.2, 0) is 65.4 Å². The maximum atomic E-state index is 13.1. The first-order valence-electron chi connectivity index (χ1n) is 40.4. The van der Waals surface area contributed by atoms with Crippen LogP contribution < -0.4 is 0 Å². The van der Waals surface area contributed by atoms with Gasteiger partial charge in [-0.15, -0.1) is 0 Å². The highest BCUT2D eigenvalue weighted by molar-refractivity contribution is 7.47. The summed E-state index contributed by atoms with van der Waals surface area (Å²) in [6, 6.07) is 0. The van der Waals surface area contributed by atoms with E-state index in [2.05, 4.69) is 48.5 Å². The number of unbranched alkanes of at least 4 members (excludes halogenated alkanes) is 43. The highest BCUT2D eigenvalue weighted by Crippen LogP contribution is 2.45. The Morgan fingerprint density at radius 3 is 0.784 bits per heavy atom. The lowest BCUT2D eigenvalue weighted by Crippen LogP contribution is -2.30. The van der Waals surface area contributed by atoms with E-state index in [1.807, 2.05) is 0 Å². The summed E-state index contributed by atoms with van der Waals surface area (Å²) in [6.07, 6.45) is 55.5. The summed E-state index contributed by atoms with van der Waals surface area (Å²) in [7, 11) is -9.91. The SMILES string of the molecule is CCCCCCCCCCCCCCCC(=O)OC[C@H](COP(=O)(O)OC[C@@H](O)COP(=O)(O)OC[C@@H](COC(=O)CCCCCCCCCCC(C)C)OC(=O)CCCCCCCCCCC(C)CC)OC(=O)CCCCCCCCCCCCCCCCCCCCC(C)C. The molecule has 0 aromatic heterocycles. The topological polar surface area (TPSA) is 237 Å². The van der Waals surface area contributed by atoms with Crippen molar-refractivity contribution in [2.45, 2.75) is 420 Å². The molecule has 3 N–H and O–H groups in total. The molecule has 19 heteroatoms. The molecular formula is C78H152O17P2. The first-order chi connectivity index (χ1) is 46.8. The minimum Gasteiger partial charge on any atom is -0.462 e. The molecule has 0 bridgehead atoms. The first kappa shape index (κ1) is 95.1. The van der Waals surface area contributed by atoms with E-state index >= 15 is 0 Å². The van der Waals surface area contributed by atoms with Crippen LogP contribution in [0.1, 0.15) is 402 Å². The summed E-state index contributed by atoms with van der Waals surface area (Å²) in [5.74, 6) is 0.200. The van der Waals surface area contributed by atoms with Crippen LogP contribution in [0.15, 0.2) is 0 Å². The van der Waals surface area contributed by atoms with Gasteiger partial charge in [0.25, 0.3) is 0 Å². The molecule has 0 aromatic rings. The quantitative estimate of drug-likeness (QED) is 0.0222. The zero-order valence-corrected chi connectivity index (χ0v) is 65.3. The van der Waals surface area contributed by atoms with E-state index in [1.165, 1.54) is 212 Å². The monoisotopic (exact) mass is 1420 g/mol. The Balaban J connectivity index is 5.22. The predicted molar refractivity (Wildman–Crippen MR) is 395 cm³/mol. The minimum absolute atomic E-state index is 0.104. The van der Waals surface area contributed by atoms with Crippen LogP contribution >= 0.6 is 15.6 Å². The predicted octanol–water partition coefficient (Wildman–Crippen LogP) is 23.0. The van der Waals surface area contributed by atoms with Gasteiger partial charge in [-0.3, -0.25) is 37.3 Å². The lowest BCUT2D eigenvalue weighted by molar-refractivity contribution is -0.161. The van der Waals surface area contributed by atoms with E-state index in [9.17, 15) is 43.2 Å². The molecule has 17 nitrogen and oxygen atoms in total. The molecule has 0 spiro atoms. The van der Waals surface area contributed by atoms with Crippen molar-refractivity contribution in [1.82, 2.24) is 0 Å². The van der Waals surface area contributed by atoms with Crippen molar-refractivity contribution in [3.63, 3.8) is 0 Å². The van der Waals surface area contributed by atoms with Crippen LogP contribution in [-0.4, -0.2) is 96.7 Å². The number of carbonyl (C=O) groups is 4. The fraction of sp³-hybridized carbons (Fsp3) is 0.949. The molecule has 0 saturated heterocycles. The van der Waals surface area contributed by atoms with Gasteiger partial charge in [-0.05, 0) is 43.4 Å². The average molecular weight is 1420 g/mol. The number of hydrogen-bond acceptors (Lipinski definition) is 15. The summed E-state index contributed by atoms with van der Waals surface area (Å²) in [5.41, 5.74) is 0. The van der Waals surface area contributed by atoms with Crippen molar-refractivity contribution in [3.8, 4) is 0 Å². The molecule has 0 amide bonds. The van der Waals surface area contributed by atoms with Crippen molar-refractivity contribution in [1.29, 1.82) is 0 Å². The molecule has 6 atom stereocenters. The van der Waals surface area contributed by atoms with Crippen LogP contribution in [0, 0.1) is 17.8 Å². The Hall–Kier alpha value is -1.94. The molecule has 0 aliphatic heterocycles. The van der Waals surface area contributed by atoms with Crippen molar-refractivity contribution in [2.75, 3.05) is 39.6 Å². The third-order valence-electron chi connectivity index (χ3n) is 18.5. The molecule has 0 fully saturated rings. The molecule has 0 aliphatic carbocycles. The van der Waals surface area contributed by atoms with Crippen LogP contribution in [0.4, 0.5) is 0 Å². The zero-order valence-electron chi connectivity index (χ0n) is 63.5. The summed E-state index contributed by atoms with van der Waals surface area (Å²) in [5, 5.41) is 10.6. The highest BCUT2D eigenvalue weighted by Gasteiger charge is 2.30. The van der Waals surface area contributed by atoms with E-state index in [0.717, 1.165) is 108 Å². The Bertz CT molecular complexity index is 1890. The summed E-state index contributed by atoms with van der Waals surface area (Å²) >= 11 is 0. The van der Waals surface area contributed by atoms with E-state index in [0.29, 0.717) is 25.7 Å². The molecule has 0 saturated carbocycles. The van der Waals surface area contributed by atoms with Gasteiger partial charge in [0.05, 0.1) is 26.4 Å². The third kappa shape index (κ3) is 70.9. The maximum Gasteiger partial charge on any atom is 0.472 e. The number of aliphatic hydroxyl groups is 1. The van der Waals surface area contributed by atoms with Gasteiger partial charge < -0.3 is 33.8 Å². The highest BCUT2D eigenvalue weighted by atomic mass is 31.2. The van der Waals surface area contributed by atoms with Gasteiger partial charge in [0, 0.05) is 25.7 Å². The molecule has 0 radical (unpaired) electrons. The average Bonchev–Trinajstić information content (AvgIpc) is 1.52. The first-order valence-corrected chi connectivity index (χ1v) is 43.4. The summed E-state index contributed by atoms with van der Waals surface area (Å²) in [4.78, 5) is 72.9. The molecule has 97 heavy (non-hydrogen) atoms. The van der Waals surface area contributed by atoms with E-state index < -0.39 is 97.5 Å². The van der Waals surface area contributed by atoms with Crippen LogP contribution in [0.2, 0.25) is 0 Å². The normalized spacial score (nSPS) is 14.3. The molecule has 0 aromatic carbocycles. The third-order valence-corrected chi connectivity index (χ3v) is 20.4. The molecule has 576 valence electrons. The zero-order chi connectivity index (χ0) is 71.6. The Labute approximate surface area is 594 Å². The van der Waals surface area contributed by atoms with E-state index in [-0.39, 0.29) is 25.7 Å². The van der Waals surface area contributed by atoms with Gasteiger partial charge in [-0.2, -0.15) is 0 Å². The van der Waals surface area contributed by atoms with Gasteiger partial charge in [-0.1, -0.05) is 350 Å².